The summed E-state index contributed by atoms with van der Waals surface area (Å²) in [5.74, 6) is -1.22. The quantitative estimate of drug-likeness (QED) is 0.293. The first-order valence-electron chi connectivity index (χ1n) is 11.8. The zero-order valence-corrected chi connectivity index (χ0v) is 22.7. The van der Waals surface area contributed by atoms with Crippen LogP contribution in [0.2, 0.25) is 0 Å². The minimum Gasteiger partial charge on any atom is -0.437 e. The van der Waals surface area contributed by atoms with Crippen LogP contribution in [-0.2, 0) is 10.0 Å². The second kappa shape index (κ2) is 10.9. The maximum absolute atomic E-state index is 13.6. The van der Waals surface area contributed by atoms with Gasteiger partial charge in [-0.2, -0.15) is 9.78 Å². The Labute approximate surface area is 220 Å². The van der Waals surface area contributed by atoms with E-state index in [2.05, 4.69) is 15.1 Å². The molecule has 2 aromatic carbocycles. The minimum absolute atomic E-state index is 0.0174. The van der Waals surface area contributed by atoms with Gasteiger partial charge in [0.15, 0.2) is 5.69 Å². The van der Waals surface area contributed by atoms with Crippen molar-refractivity contribution < 1.29 is 27.3 Å². The summed E-state index contributed by atoms with van der Waals surface area (Å²) in [4.78, 5) is 23.2. The number of halogens is 1. The van der Waals surface area contributed by atoms with Gasteiger partial charge in [0.05, 0.1) is 10.6 Å². The number of hydrogen-bond acceptors (Lipinski definition) is 7. The lowest BCUT2D eigenvalue weighted by Gasteiger charge is -2.21. The Hall–Kier alpha value is -3.84. The molecule has 0 bridgehead atoms. The van der Waals surface area contributed by atoms with Crippen LogP contribution in [0.1, 0.15) is 57.1 Å². The second-order valence-electron chi connectivity index (χ2n) is 9.80. The number of non-ortho nitro benzene ring substituents is 1. The van der Waals surface area contributed by atoms with Gasteiger partial charge in [-0.1, -0.05) is 6.92 Å². The van der Waals surface area contributed by atoms with Crippen LogP contribution in [0, 0.1) is 22.9 Å². The standard InChI is InChI=1S/C25H30FN5O6S/c1-7-15(2)27-23(32)22-16(3)24(30(28-22)18-10-8-17(26)9-11-18)37-20-13-12-19(31(33)34)14-21(20)38(35,36)29-25(4,5)6/h8-15,29H,7H2,1-6H3,(H,27,32)/t15-/m1/s1. The predicted octanol–water partition coefficient (Wildman–Crippen LogP) is 4.63. The van der Waals surface area contributed by atoms with Crippen molar-refractivity contribution in [3.8, 4) is 17.3 Å². The maximum atomic E-state index is 13.6. The largest absolute Gasteiger partial charge is 0.437 e. The van der Waals surface area contributed by atoms with E-state index in [-0.39, 0.29) is 28.9 Å². The first-order chi connectivity index (χ1) is 17.6. The van der Waals surface area contributed by atoms with Crippen LogP contribution >= 0.6 is 0 Å². The highest BCUT2D eigenvalue weighted by Gasteiger charge is 2.30. The summed E-state index contributed by atoms with van der Waals surface area (Å²) < 4.78 is 49.8. The van der Waals surface area contributed by atoms with E-state index in [1.807, 2.05) is 13.8 Å². The van der Waals surface area contributed by atoms with Gasteiger partial charge < -0.3 is 10.1 Å². The number of nitro groups is 1. The van der Waals surface area contributed by atoms with Crippen LogP contribution in [0.15, 0.2) is 47.4 Å². The van der Waals surface area contributed by atoms with Crippen molar-refractivity contribution in [1.82, 2.24) is 19.8 Å². The molecule has 204 valence electrons. The molecular weight excluding hydrogens is 517 g/mol. The van der Waals surface area contributed by atoms with E-state index in [1.165, 1.54) is 28.9 Å². The van der Waals surface area contributed by atoms with Gasteiger partial charge in [0.2, 0.25) is 15.9 Å². The zero-order valence-electron chi connectivity index (χ0n) is 21.9. The van der Waals surface area contributed by atoms with Gasteiger partial charge in [0.1, 0.15) is 16.5 Å². The van der Waals surface area contributed by atoms with Crippen LogP contribution in [0.4, 0.5) is 10.1 Å². The molecule has 0 saturated heterocycles. The number of hydrogen-bond donors (Lipinski definition) is 2. The molecule has 1 amide bonds. The van der Waals surface area contributed by atoms with Crippen molar-refractivity contribution in [1.29, 1.82) is 0 Å². The van der Waals surface area contributed by atoms with Gasteiger partial charge in [0, 0.05) is 29.3 Å². The molecule has 0 aliphatic heterocycles. The molecule has 1 heterocycles. The SMILES string of the molecule is CC[C@@H](C)NC(=O)c1nn(-c2ccc(F)cc2)c(Oc2ccc([N+](=O)[O-])cc2S(=O)(=O)NC(C)(C)C)c1C. The molecule has 13 heteroatoms. The van der Waals surface area contributed by atoms with Crippen molar-refractivity contribution in [2.24, 2.45) is 0 Å². The van der Waals surface area contributed by atoms with Crippen molar-refractivity contribution in [3.63, 3.8) is 0 Å². The Balaban J connectivity index is 2.21. The van der Waals surface area contributed by atoms with Crippen molar-refractivity contribution in [2.75, 3.05) is 0 Å². The van der Waals surface area contributed by atoms with Gasteiger partial charge in [-0.15, -0.1) is 0 Å². The maximum Gasteiger partial charge on any atom is 0.272 e. The molecule has 0 fully saturated rings. The van der Waals surface area contributed by atoms with Gasteiger partial charge in [0.25, 0.3) is 11.6 Å². The van der Waals surface area contributed by atoms with Crippen LogP contribution in [0.5, 0.6) is 11.6 Å². The fraction of sp³-hybridized carbons (Fsp3) is 0.360. The number of nitrogens with one attached hydrogen (secondary N) is 2. The molecule has 1 aromatic heterocycles. The highest BCUT2D eigenvalue weighted by molar-refractivity contribution is 7.89. The Morgan fingerprint density at radius 3 is 2.39 bits per heavy atom. The molecule has 3 rings (SSSR count). The molecule has 0 unspecified atom stereocenters. The number of sulfonamides is 1. The van der Waals surface area contributed by atoms with Crippen molar-refractivity contribution in [2.45, 2.75) is 64.4 Å². The van der Waals surface area contributed by atoms with Crippen molar-refractivity contribution >= 4 is 21.6 Å². The fourth-order valence-electron chi connectivity index (χ4n) is 3.43. The molecule has 3 aromatic rings. The van der Waals surface area contributed by atoms with Gasteiger partial charge in [-0.25, -0.2) is 17.5 Å². The molecule has 0 radical (unpaired) electrons. The topological polar surface area (TPSA) is 145 Å². The fourth-order valence-corrected chi connectivity index (χ4v) is 5.00. The Morgan fingerprint density at radius 2 is 1.84 bits per heavy atom. The average Bonchev–Trinajstić information content (AvgIpc) is 3.14. The predicted molar refractivity (Wildman–Crippen MR) is 139 cm³/mol. The van der Waals surface area contributed by atoms with Crippen LogP contribution in [0.25, 0.3) is 5.69 Å². The number of aromatic nitrogens is 2. The average molecular weight is 548 g/mol. The van der Waals surface area contributed by atoms with Crippen LogP contribution < -0.4 is 14.8 Å². The molecule has 0 spiro atoms. The molecule has 0 aliphatic carbocycles. The smallest absolute Gasteiger partial charge is 0.272 e. The number of ether oxygens (including phenoxy) is 1. The van der Waals surface area contributed by atoms with Crippen LogP contribution in [0.3, 0.4) is 0 Å². The highest BCUT2D eigenvalue weighted by atomic mass is 32.2. The lowest BCUT2D eigenvalue weighted by molar-refractivity contribution is -0.385. The number of benzene rings is 2. The van der Waals surface area contributed by atoms with Crippen LogP contribution in [-0.4, -0.2) is 40.6 Å². The number of amides is 1. The Morgan fingerprint density at radius 1 is 1.21 bits per heavy atom. The van der Waals surface area contributed by atoms with E-state index in [0.29, 0.717) is 12.1 Å². The number of carbonyl (C=O) groups excluding carboxylic acids is 1. The highest BCUT2D eigenvalue weighted by Crippen LogP contribution is 2.36. The lowest BCUT2D eigenvalue weighted by atomic mass is 10.1. The van der Waals surface area contributed by atoms with Gasteiger partial charge in [-0.3, -0.25) is 14.9 Å². The number of nitrogens with zero attached hydrogens (tertiary/aromatic N) is 3. The Bertz CT molecular complexity index is 1460. The first-order valence-corrected chi connectivity index (χ1v) is 13.3. The van der Waals surface area contributed by atoms with E-state index < -0.39 is 42.8 Å². The third-order valence-electron chi connectivity index (χ3n) is 5.42. The molecule has 2 N–H and O–H groups in total. The Kier molecular flexibility index (Phi) is 8.22. The van der Waals surface area contributed by atoms with E-state index >= 15 is 0 Å². The van der Waals surface area contributed by atoms with E-state index in [4.69, 9.17) is 4.74 Å². The van der Waals surface area contributed by atoms with E-state index in [0.717, 1.165) is 18.2 Å². The van der Waals surface area contributed by atoms with E-state index in [1.54, 1.807) is 27.7 Å². The molecule has 0 aliphatic rings. The van der Waals surface area contributed by atoms with E-state index in [9.17, 15) is 27.7 Å². The molecule has 11 nitrogen and oxygen atoms in total. The molecule has 0 saturated carbocycles. The molecule has 38 heavy (non-hydrogen) atoms. The lowest BCUT2D eigenvalue weighted by Crippen LogP contribution is -2.40. The summed E-state index contributed by atoms with van der Waals surface area (Å²) in [6.45, 7) is 10.2. The normalized spacial score (nSPS) is 12.7. The first kappa shape index (κ1) is 28.7. The zero-order chi connectivity index (χ0) is 28.4. The molecule has 1 atom stereocenters. The van der Waals surface area contributed by atoms with Gasteiger partial charge in [-0.05, 0) is 71.4 Å². The third-order valence-corrected chi connectivity index (χ3v) is 7.20. The van der Waals surface area contributed by atoms with Crippen molar-refractivity contribution in [3.05, 3.63) is 69.7 Å². The van der Waals surface area contributed by atoms with Gasteiger partial charge >= 0.3 is 0 Å². The molecular formula is C25H30FN5O6S. The summed E-state index contributed by atoms with van der Waals surface area (Å²) >= 11 is 0. The summed E-state index contributed by atoms with van der Waals surface area (Å²) in [5, 5.41) is 18.6. The minimum atomic E-state index is -4.29. The summed E-state index contributed by atoms with van der Waals surface area (Å²) in [7, 11) is -4.29. The summed E-state index contributed by atoms with van der Waals surface area (Å²) in [6, 6.07) is 8.25. The summed E-state index contributed by atoms with van der Waals surface area (Å²) in [5.41, 5.74) is -0.715. The summed E-state index contributed by atoms with van der Waals surface area (Å²) in [6.07, 6.45) is 0.678. The number of carbonyl (C=O) groups is 1. The number of rotatable bonds is 9. The third kappa shape index (κ3) is 6.53. The monoisotopic (exact) mass is 547 g/mol. The second-order valence-corrected chi connectivity index (χ2v) is 11.4. The number of nitro benzene ring substituents is 1.